The fraction of sp³-hybridized carbons (Fsp3) is 0.750. The lowest BCUT2D eigenvalue weighted by Crippen LogP contribution is -2.47. The van der Waals surface area contributed by atoms with Crippen molar-refractivity contribution < 1.29 is 4.79 Å². The topological polar surface area (TPSA) is 49.3 Å². The maximum atomic E-state index is 12.7. The van der Waals surface area contributed by atoms with E-state index in [9.17, 15) is 4.79 Å². The average Bonchev–Trinajstić information content (AvgIpc) is 3.39. The van der Waals surface area contributed by atoms with Crippen molar-refractivity contribution in [2.75, 3.05) is 19.6 Å². The highest BCUT2D eigenvalue weighted by Gasteiger charge is 2.35. The lowest BCUT2D eigenvalue weighted by molar-refractivity contribution is -0.133. The summed E-state index contributed by atoms with van der Waals surface area (Å²) < 4.78 is 0. The van der Waals surface area contributed by atoms with Crippen LogP contribution in [0.5, 0.6) is 0 Å². The third kappa shape index (κ3) is 4.78. The SMILES string of the molecule is CC(C)c1nccc(CN2CCC(=O)N(CC3CC3)C(C(C)C)C2)n1. The second kappa shape index (κ2) is 7.81. The van der Waals surface area contributed by atoms with Crippen molar-refractivity contribution in [2.24, 2.45) is 11.8 Å². The van der Waals surface area contributed by atoms with Crippen molar-refractivity contribution in [3.05, 3.63) is 23.8 Å². The van der Waals surface area contributed by atoms with Crippen molar-refractivity contribution in [3.63, 3.8) is 0 Å². The normalized spacial score (nSPS) is 22.7. The summed E-state index contributed by atoms with van der Waals surface area (Å²) in [6, 6.07) is 2.31. The summed E-state index contributed by atoms with van der Waals surface area (Å²) in [7, 11) is 0. The van der Waals surface area contributed by atoms with E-state index in [0.717, 1.165) is 43.6 Å². The van der Waals surface area contributed by atoms with Crippen molar-refractivity contribution in [1.29, 1.82) is 0 Å². The summed E-state index contributed by atoms with van der Waals surface area (Å²) in [5.41, 5.74) is 1.06. The summed E-state index contributed by atoms with van der Waals surface area (Å²) in [6.45, 7) is 12.2. The number of amides is 1. The fourth-order valence-corrected chi connectivity index (χ4v) is 3.58. The molecule has 0 N–H and O–H groups in total. The molecule has 1 amide bonds. The Balaban J connectivity index is 1.71. The summed E-state index contributed by atoms with van der Waals surface area (Å²) in [5.74, 6) is 2.79. The van der Waals surface area contributed by atoms with Gasteiger partial charge < -0.3 is 4.90 Å². The molecule has 5 heteroatoms. The smallest absolute Gasteiger partial charge is 0.224 e. The van der Waals surface area contributed by atoms with Gasteiger partial charge in [0.05, 0.1) is 5.69 Å². The number of hydrogen-bond donors (Lipinski definition) is 0. The highest BCUT2D eigenvalue weighted by Crippen LogP contribution is 2.32. The van der Waals surface area contributed by atoms with Crippen LogP contribution in [-0.4, -0.2) is 51.4 Å². The predicted molar refractivity (Wildman–Crippen MR) is 99.1 cm³/mol. The molecule has 3 rings (SSSR count). The molecule has 2 aliphatic rings. The molecular weight excluding hydrogens is 312 g/mol. The highest BCUT2D eigenvalue weighted by atomic mass is 16.2. The van der Waals surface area contributed by atoms with Gasteiger partial charge in [0.2, 0.25) is 5.91 Å². The maximum Gasteiger partial charge on any atom is 0.224 e. The van der Waals surface area contributed by atoms with Crippen LogP contribution in [0.25, 0.3) is 0 Å². The molecule has 1 saturated heterocycles. The Kier molecular flexibility index (Phi) is 5.72. The molecule has 0 radical (unpaired) electrons. The zero-order valence-electron chi connectivity index (χ0n) is 16.1. The lowest BCUT2D eigenvalue weighted by atomic mass is 10.0. The molecule has 1 saturated carbocycles. The average molecular weight is 345 g/mol. The largest absolute Gasteiger partial charge is 0.338 e. The van der Waals surface area contributed by atoms with Gasteiger partial charge in [-0.25, -0.2) is 9.97 Å². The van der Waals surface area contributed by atoms with Crippen LogP contribution < -0.4 is 0 Å². The molecule has 5 nitrogen and oxygen atoms in total. The summed E-state index contributed by atoms with van der Waals surface area (Å²) in [5, 5.41) is 0. The summed E-state index contributed by atoms with van der Waals surface area (Å²) >= 11 is 0. The Bertz CT molecular complexity index is 597. The van der Waals surface area contributed by atoms with Gasteiger partial charge in [0, 0.05) is 50.8 Å². The number of aromatic nitrogens is 2. The van der Waals surface area contributed by atoms with Gasteiger partial charge in [-0.05, 0) is 30.7 Å². The Hall–Kier alpha value is -1.49. The molecule has 1 unspecified atom stereocenters. The molecule has 1 aromatic heterocycles. The minimum atomic E-state index is 0.307. The monoisotopic (exact) mass is 344 g/mol. The lowest BCUT2D eigenvalue weighted by Gasteiger charge is -2.34. The zero-order chi connectivity index (χ0) is 18.0. The minimum absolute atomic E-state index is 0.307. The van der Waals surface area contributed by atoms with Gasteiger partial charge in [0.15, 0.2) is 0 Å². The van der Waals surface area contributed by atoms with Gasteiger partial charge in [-0.15, -0.1) is 0 Å². The maximum absolute atomic E-state index is 12.7. The van der Waals surface area contributed by atoms with Crippen LogP contribution in [0.2, 0.25) is 0 Å². The fourth-order valence-electron chi connectivity index (χ4n) is 3.58. The molecule has 138 valence electrons. The molecule has 1 aromatic rings. The van der Waals surface area contributed by atoms with Crippen LogP contribution in [0.15, 0.2) is 12.3 Å². The van der Waals surface area contributed by atoms with E-state index in [2.05, 4.69) is 42.5 Å². The molecule has 0 spiro atoms. The Labute approximate surface area is 151 Å². The van der Waals surface area contributed by atoms with Gasteiger partial charge in [0.25, 0.3) is 0 Å². The molecule has 0 aromatic carbocycles. The van der Waals surface area contributed by atoms with Gasteiger partial charge in [-0.2, -0.15) is 0 Å². The van der Waals surface area contributed by atoms with Crippen LogP contribution in [0.1, 0.15) is 64.4 Å². The number of carbonyl (C=O) groups is 1. The first kappa shape index (κ1) is 18.3. The number of carbonyl (C=O) groups excluding carboxylic acids is 1. The standard InChI is InChI=1S/C20H32N4O/c1-14(2)18-13-23(10-8-19(25)24(18)11-16-5-6-16)12-17-7-9-21-20(22-17)15(3)4/h7,9,14-16,18H,5-6,8,10-13H2,1-4H3. The zero-order valence-corrected chi connectivity index (χ0v) is 16.1. The highest BCUT2D eigenvalue weighted by molar-refractivity contribution is 5.77. The van der Waals surface area contributed by atoms with Crippen LogP contribution in [0, 0.1) is 11.8 Å². The molecule has 1 atom stereocenters. The molecule has 2 fully saturated rings. The van der Waals surface area contributed by atoms with E-state index in [1.807, 2.05) is 12.3 Å². The van der Waals surface area contributed by atoms with Crippen LogP contribution in [-0.2, 0) is 11.3 Å². The summed E-state index contributed by atoms with van der Waals surface area (Å²) in [4.78, 5) is 26.4. The van der Waals surface area contributed by atoms with Crippen molar-refractivity contribution >= 4 is 5.91 Å². The molecular formula is C20H32N4O. The van der Waals surface area contributed by atoms with Crippen molar-refractivity contribution in [1.82, 2.24) is 19.8 Å². The Morgan fingerprint density at radius 2 is 2.00 bits per heavy atom. The molecule has 0 bridgehead atoms. The minimum Gasteiger partial charge on any atom is -0.338 e. The van der Waals surface area contributed by atoms with E-state index >= 15 is 0 Å². The first-order valence-corrected chi connectivity index (χ1v) is 9.77. The van der Waals surface area contributed by atoms with Gasteiger partial charge in [-0.3, -0.25) is 9.69 Å². The number of hydrogen-bond acceptors (Lipinski definition) is 4. The molecule has 1 aliphatic heterocycles. The summed E-state index contributed by atoms with van der Waals surface area (Å²) in [6.07, 6.45) is 5.06. The molecule has 1 aliphatic carbocycles. The van der Waals surface area contributed by atoms with E-state index in [0.29, 0.717) is 30.2 Å². The molecule has 2 heterocycles. The van der Waals surface area contributed by atoms with E-state index in [1.54, 1.807) is 0 Å². The van der Waals surface area contributed by atoms with E-state index < -0.39 is 0 Å². The van der Waals surface area contributed by atoms with E-state index in [-0.39, 0.29) is 0 Å². The number of nitrogens with zero attached hydrogens (tertiary/aromatic N) is 4. The molecule has 25 heavy (non-hydrogen) atoms. The van der Waals surface area contributed by atoms with Crippen LogP contribution >= 0.6 is 0 Å². The second-order valence-electron chi connectivity index (χ2n) is 8.35. The Morgan fingerprint density at radius 3 is 2.64 bits per heavy atom. The van der Waals surface area contributed by atoms with Gasteiger partial charge >= 0.3 is 0 Å². The first-order valence-electron chi connectivity index (χ1n) is 9.77. The quantitative estimate of drug-likeness (QED) is 0.796. The van der Waals surface area contributed by atoms with E-state index in [1.165, 1.54) is 12.8 Å². The van der Waals surface area contributed by atoms with Crippen molar-refractivity contribution in [3.8, 4) is 0 Å². The third-order valence-corrected chi connectivity index (χ3v) is 5.36. The predicted octanol–water partition coefficient (Wildman–Crippen LogP) is 3.07. The van der Waals surface area contributed by atoms with Gasteiger partial charge in [0.1, 0.15) is 5.82 Å². The van der Waals surface area contributed by atoms with Crippen molar-refractivity contribution in [2.45, 2.75) is 65.5 Å². The van der Waals surface area contributed by atoms with Crippen LogP contribution in [0.4, 0.5) is 0 Å². The second-order valence-corrected chi connectivity index (χ2v) is 8.35. The van der Waals surface area contributed by atoms with Crippen LogP contribution in [0.3, 0.4) is 0 Å². The van der Waals surface area contributed by atoms with E-state index in [4.69, 9.17) is 4.98 Å². The Morgan fingerprint density at radius 1 is 1.24 bits per heavy atom. The third-order valence-electron chi connectivity index (χ3n) is 5.36. The number of rotatable bonds is 6. The first-order chi connectivity index (χ1) is 11.9. The van der Waals surface area contributed by atoms with Gasteiger partial charge in [-0.1, -0.05) is 27.7 Å².